The van der Waals surface area contributed by atoms with Gasteiger partial charge in [0.05, 0.1) is 0 Å². The average Bonchev–Trinajstić information content (AvgIpc) is 1.73. The van der Waals surface area contributed by atoms with Crippen LogP contribution in [0.5, 0.6) is 0 Å². The minimum Gasteiger partial charge on any atom is -0.346 e. The Bertz CT molecular complexity index is 133. The summed E-state index contributed by atoms with van der Waals surface area (Å²) in [7, 11) is -1.56. The van der Waals surface area contributed by atoms with Crippen LogP contribution in [-0.2, 0) is 9.31 Å². The molecule has 2 nitrogen and oxygen atoms in total. The second-order valence-corrected chi connectivity index (χ2v) is 1.84. The van der Waals surface area contributed by atoms with Crippen molar-refractivity contribution in [2.75, 3.05) is 0 Å². The maximum absolute atomic E-state index is 11.9. The first kappa shape index (κ1) is 7.81. The van der Waals surface area contributed by atoms with E-state index in [4.69, 9.17) is 0 Å². The quantitative estimate of drug-likeness (QED) is 0.391. The second-order valence-electron chi connectivity index (χ2n) is 1.84. The van der Waals surface area contributed by atoms with Gasteiger partial charge in [-0.15, -0.1) is 0 Å². The smallest absolute Gasteiger partial charge is 0.346 e. The molecule has 0 saturated carbocycles. The molecule has 1 aliphatic heterocycles. The highest BCUT2D eigenvalue weighted by atomic mass is 19.3. The topological polar surface area (TPSA) is 18.5 Å². The second kappa shape index (κ2) is 1.85. The molecule has 58 valence electrons. The predicted octanol–water partition coefficient (Wildman–Crippen LogP) is 1.34. The van der Waals surface area contributed by atoms with Crippen LogP contribution in [0.25, 0.3) is 0 Å². The third-order valence-electron chi connectivity index (χ3n) is 0.967. The van der Waals surface area contributed by atoms with E-state index in [9.17, 15) is 17.6 Å². The molecule has 1 rings (SSSR count). The molecule has 0 bridgehead atoms. The molecule has 10 heavy (non-hydrogen) atoms. The number of hydrogen-bond donors (Lipinski definition) is 0. The van der Waals surface area contributed by atoms with Gasteiger partial charge in [0.15, 0.2) is 0 Å². The highest BCUT2D eigenvalue weighted by molar-refractivity contribution is 6.43. The van der Waals surface area contributed by atoms with Gasteiger partial charge in [0, 0.05) is 0 Å². The number of hydrogen-bond acceptors (Lipinski definition) is 2. The Hall–Kier alpha value is -0.295. The molecule has 7 heteroatoms. The lowest BCUT2D eigenvalue weighted by Crippen LogP contribution is -2.36. The Labute approximate surface area is 54.2 Å². The van der Waals surface area contributed by atoms with Crippen LogP contribution >= 0.6 is 0 Å². The largest absolute Gasteiger partial charge is 0.462 e. The molecule has 0 aromatic rings. The summed E-state index contributed by atoms with van der Waals surface area (Å²) < 4.78 is 54.4. The summed E-state index contributed by atoms with van der Waals surface area (Å²) in [6.07, 6.45) is -8.99. The molecule has 1 saturated heterocycles. The van der Waals surface area contributed by atoms with E-state index in [0.29, 0.717) is 0 Å². The summed E-state index contributed by atoms with van der Waals surface area (Å²) in [5.41, 5.74) is 0. The van der Waals surface area contributed by atoms with Gasteiger partial charge in [-0.2, -0.15) is 17.6 Å². The number of halogens is 4. The van der Waals surface area contributed by atoms with Crippen molar-refractivity contribution in [3.8, 4) is 0 Å². The maximum atomic E-state index is 11.9. The van der Waals surface area contributed by atoms with Gasteiger partial charge in [-0.25, -0.2) is 0 Å². The third kappa shape index (κ3) is 0.990. The average molecular weight is 158 g/mol. The Kier molecular flexibility index (Phi) is 1.45. The summed E-state index contributed by atoms with van der Waals surface area (Å²) in [6, 6.07) is 0. The molecule has 0 spiro atoms. The van der Waals surface area contributed by atoms with E-state index in [1.807, 2.05) is 0 Å². The normalized spacial score (nSPS) is 29.1. The molecule has 1 heterocycles. The molecule has 1 fully saturated rings. The molecule has 0 aliphatic carbocycles. The van der Waals surface area contributed by atoms with Crippen LogP contribution in [0, 0.1) is 0 Å². The van der Waals surface area contributed by atoms with E-state index >= 15 is 0 Å². The summed E-state index contributed by atoms with van der Waals surface area (Å²) in [4.78, 5) is 0. The van der Waals surface area contributed by atoms with Gasteiger partial charge < -0.3 is 9.31 Å². The van der Waals surface area contributed by atoms with Gasteiger partial charge >= 0.3 is 19.3 Å². The minimum atomic E-state index is -4.49. The number of rotatable bonds is 0. The lowest BCUT2D eigenvalue weighted by atomic mass is 9.97. The van der Waals surface area contributed by atoms with Crippen LogP contribution in [0.4, 0.5) is 17.6 Å². The van der Waals surface area contributed by atoms with E-state index in [0.717, 1.165) is 6.82 Å². The Morgan fingerprint density at radius 3 is 1.40 bits per heavy atom. The van der Waals surface area contributed by atoms with Crippen LogP contribution in [-0.4, -0.2) is 19.3 Å². The highest BCUT2D eigenvalue weighted by Crippen LogP contribution is 2.42. The molecule has 0 radical (unpaired) electrons. The first-order valence-corrected chi connectivity index (χ1v) is 2.46. The van der Waals surface area contributed by atoms with Crippen molar-refractivity contribution in [1.29, 1.82) is 0 Å². The van der Waals surface area contributed by atoms with Gasteiger partial charge in [-0.3, -0.25) is 0 Å². The van der Waals surface area contributed by atoms with Crippen molar-refractivity contribution >= 4 is 7.12 Å². The summed E-state index contributed by atoms with van der Waals surface area (Å²) in [5, 5.41) is 0. The van der Waals surface area contributed by atoms with Gasteiger partial charge in [0.1, 0.15) is 0 Å². The van der Waals surface area contributed by atoms with Crippen LogP contribution in [0.3, 0.4) is 0 Å². The van der Waals surface area contributed by atoms with Gasteiger partial charge in [-0.05, 0) is 6.82 Å². The monoisotopic (exact) mass is 158 g/mol. The van der Waals surface area contributed by atoms with E-state index in [2.05, 4.69) is 9.31 Å². The Morgan fingerprint density at radius 1 is 1.00 bits per heavy atom. The van der Waals surface area contributed by atoms with Crippen molar-refractivity contribution in [2.24, 2.45) is 0 Å². The lowest BCUT2D eigenvalue weighted by Gasteiger charge is -2.14. The van der Waals surface area contributed by atoms with Crippen LogP contribution in [0.15, 0.2) is 0 Å². The zero-order valence-electron chi connectivity index (χ0n) is 4.91. The molecule has 0 N–H and O–H groups in total. The zero-order valence-corrected chi connectivity index (χ0v) is 4.91. The van der Waals surface area contributed by atoms with Crippen molar-refractivity contribution in [1.82, 2.24) is 0 Å². The third-order valence-corrected chi connectivity index (χ3v) is 0.967. The van der Waals surface area contributed by atoms with Crippen LogP contribution in [0.1, 0.15) is 0 Å². The first-order valence-electron chi connectivity index (χ1n) is 2.46. The minimum absolute atomic E-state index is 0.967. The molecule has 0 unspecified atom stereocenters. The molecular formula is C3H3BF4O2. The lowest BCUT2D eigenvalue weighted by molar-refractivity contribution is -0.344. The molecule has 0 aromatic carbocycles. The van der Waals surface area contributed by atoms with Gasteiger partial charge in [0.25, 0.3) is 0 Å². The van der Waals surface area contributed by atoms with Crippen molar-refractivity contribution in [3.05, 3.63) is 0 Å². The van der Waals surface area contributed by atoms with Crippen molar-refractivity contribution in [3.63, 3.8) is 0 Å². The SMILES string of the molecule is CB1OC(F)(F)C(F)(F)O1. The zero-order chi connectivity index (χ0) is 7.99. The Morgan fingerprint density at radius 2 is 1.30 bits per heavy atom. The fourth-order valence-electron chi connectivity index (χ4n) is 0.578. The molecular weight excluding hydrogens is 155 g/mol. The van der Waals surface area contributed by atoms with Crippen LogP contribution in [0.2, 0.25) is 6.82 Å². The maximum Gasteiger partial charge on any atom is 0.462 e. The molecule has 0 amide bonds. The van der Waals surface area contributed by atoms with Crippen LogP contribution < -0.4 is 0 Å². The highest BCUT2D eigenvalue weighted by Gasteiger charge is 2.67. The first-order chi connectivity index (χ1) is 4.35. The summed E-state index contributed by atoms with van der Waals surface area (Å²) in [5.74, 6) is 0. The fraction of sp³-hybridized carbons (Fsp3) is 1.00. The Balaban J connectivity index is 2.78. The summed E-state index contributed by atoms with van der Waals surface area (Å²) >= 11 is 0. The van der Waals surface area contributed by atoms with E-state index in [-0.39, 0.29) is 0 Å². The van der Waals surface area contributed by atoms with Crippen molar-refractivity contribution < 1.29 is 26.9 Å². The van der Waals surface area contributed by atoms with E-state index < -0.39 is 19.3 Å². The van der Waals surface area contributed by atoms with Crippen molar-refractivity contribution in [2.45, 2.75) is 19.0 Å². The molecule has 0 atom stereocenters. The van der Waals surface area contributed by atoms with E-state index in [1.165, 1.54) is 0 Å². The predicted molar refractivity (Wildman–Crippen MR) is 23.7 cm³/mol. The van der Waals surface area contributed by atoms with Gasteiger partial charge in [-0.1, -0.05) is 0 Å². The number of alkyl halides is 4. The standard InChI is InChI=1S/C3H3BF4O2/c1-4-9-2(5,6)3(7,8)10-4/h1H3. The molecule has 1 aliphatic rings. The fourth-order valence-corrected chi connectivity index (χ4v) is 0.578. The van der Waals surface area contributed by atoms with Gasteiger partial charge in [0.2, 0.25) is 0 Å². The van der Waals surface area contributed by atoms with E-state index in [1.54, 1.807) is 0 Å². The molecule has 0 aromatic heterocycles. The summed E-state index contributed by atoms with van der Waals surface area (Å²) in [6.45, 7) is 0.967.